The highest BCUT2D eigenvalue weighted by molar-refractivity contribution is 7.99. The Balaban J connectivity index is 1.45. The van der Waals surface area contributed by atoms with Crippen LogP contribution < -0.4 is 15.0 Å². The van der Waals surface area contributed by atoms with E-state index in [1.54, 1.807) is 7.11 Å². The van der Waals surface area contributed by atoms with Crippen LogP contribution in [-0.2, 0) is 16.1 Å². The van der Waals surface area contributed by atoms with Gasteiger partial charge in [0.1, 0.15) is 5.75 Å². The number of amides is 1. The zero-order chi connectivity index (χ0) is 22.5. The second-order valence-corrected chi connectivity index (χ2v) is 9.68. The zero-order valence-electron chi connectivity index (χ0n) is 19.2. The van der Waals surface area contributed by atoms with Crippen LogP contribution in [0.15, 0.2) is 23.4 Å². The summed E-state index contributed by atoms with van der Waals surface area (Å²) in [5.41, 5.74) is 1.74. The van der Waals surface area contributed by atoms with Gasteiger partial charge in [0.2, 0.25) is 11.9 Å². The second kappa shape index (κ2) is 10.6. The van der Waals surface area contributed by atoms with E-state index < -0.39 is 0 Å². The lowest BCUT2D eigenvalue weighted by Gasteiger charge is -2.31. The molecule has 8 nitrogen and oxygen atoms in total. The monoisotopic (exact) mass is 459 g/mol. The van der Waals surface area contributed by atoms with Gasteiger partial charge in [-0.1, -0.05) is 24.8 Å². The number of aryl methyl sites for hydroxylation is 1. The molecule has 2 saturated heterocycles. The van der Waals surface area contributed by atoms with Crippen LogP contribution in [0.3, 0.4) is 0 Å². The number of nitrogens with zero attached hydrogens (tertiary/aromatic N) is 4. The molecule has 3 heterocycles. The van der Waals surface area contributed by atoms with Gasteiger partial charge in [0.25, 0.3) is 0 Å². The molecule has 174 valence electrons. The SMILES string of the molecule is COc1ccc(C)cc1NC(=O)CSc1nnc(N2CCC(C)CC2)n1C[C@@H]1CCCO1. The fourth-order valence-electron chi connectivity index (χ4n) is 4.22. The molecule has 2 fully saturated rings. The Kier molecular flexibility index (Phi) is 7.57. The largest absolute Gasteiger partial charge is 0.495 e. The van der Waals surface area contributed by atoms with Crippen molar-refractivity contribution in [2.24, 2.45) is 5.92 Å². The molecule has 2 aromatic rings. The van der Waals surface area contributed by atoms with Gasteiger partial charge in [0.15, 0.2) is 5.16 Å². The van der Waals surface area contributed by atoms with Gasteiger partial charge in [-0.25, -0.2) is 0 Å². The minimum atomic E-state index is -0.0982. The molecule has 0 radical (unpaired) electrons. The van der Waals surface area contributed by atoms with Crippen molar-refractivity contribution in [2.75, 3.05) is 42.8 Å². The molecule has 0 aliphatic carbocycles. The zero-order valence-corrected chi connectivity index (χ0v) is 20.0. The smallest absolute Gasteiger partial charge is 0.234 e. The van der Waals surface area contributed by atoms with Gasteiger partial charge in [0.05, 0.1) is 31.2 Å². The summed E-state index contributed by atoms with van der Waals surface area (Å²) in [7, 11) is 1.60. The summed E-state index contributed by atoms with van der Waals surface area (Å²) in [6.45, 7) is 7.81. The Bertz CT molecular complexity index is 920. The molecule has 0 spiro atoms. The number of methoxy groups -OCH3 is 1. The highest BCUT2D eigenvalue weighted by Crippen LogP contribution is 2.29. The van der Waals surface area contributed by atoms with Gasteiger partial charge >= 0.3 is 0 Å². The van der Waals surface area contributed by atoms with Gasteiger partial charge < -0.3 is 19.7 Å². The van der Waals surface area contributed by atoms with Gasteiger partial charge in [-0.15, -0.1) is 10.2 Å². The molecule has 1 N–H and O–H groups in total. The summed E-state index contributed by atoms with van der Waals surface area (Å²) >= 11 is 1.42. The van der Waals surface area contributed by atoms with E-state index in [0.717, 1.165) is 74.5 Å². The first-order valence-corrected chi connectivity index (χ1v) is 12.4. The normalized spacial score (nSPS) is 19.3. The summed E-state index contributed by atoms with van der Waals surface area (Å²) in [6, 6.07) is 5.73. The van der Waals surface area contributed by atoms with Crippen LogP contribution in [0.25, 0.3) is 0 Å². The molecular weight excluding hydrogens is 426 g/mol. The van der Waals surface area contributed by atoms with E-state index >= 15 is 0 Å². The number of ether oxygens (including phenoxy) is 2. The molecule has 4 rings (SSSR count). The molecule has 32 heavy (non-hydrogen) atoms. The first kappa shape index (κ1) is 22.9. The number of rotatable bonds is 8. The summed E-state index contributed by atoms with van der Waals surface area (Å²) < 4.78 is 13.4. The molecule has 0 unspecified atom stereocenters. The van der Waals surface area contributed by atoms with Gasteiger partial charge in [-0.3, -0.25) is 9.36 Å². The molecular formula is C23H33N5O3S. The number of carbonyl (C=O) groups is 1. The van der Waals surface area contributed by atoms with Crippen molar-refractivity contribution in [2.45, 2.75) is 57.3 Å². The van der Waals surface area contributed by atoms with Crippen molar-refractivity contribution in [1.82, 2.24) is 14.8 Å². The number of thioether (sulfide) groups is 1. The predicted molar refractivity (Wildman–Crippen MR) is 127 cm³/mol. The topological polar surface area (TPSA) is 81.5 Å². The summed E-state index contributed by atoms with van der Waals surface area (Å²) in [5.74, 6) is 2.45. The number of hydrogen-bond acceptors (Lipinski definition) is 7. The van der Waals surface area contributed by atoms with Crippen molar-refractivity contribution >= 4 is 29.3 Å². The van der Waals surface area contributed by atoms with Crippen LogP contribution in [0.4, 0.5) is 11.6 Å². The number of carbonyl (C=O) groups excluding carboxylic acids is 1. The number of nitrogens with one attached hydrogen (secondary N) is 1. The minimum Gasteiger partial charge on any atom is -0.495 e. The minimum absolute atomic E-state index is 0.0982. The van der Waals surface area contributed by atoms with Crippen LogP contribution in [0.5, 0.6) is 5.75 Å². The van der Waals surface area contributed by atoms with Crippen molar-refractivity contribution in [1.29, 1.82) is 0 Å². The highest BCUT2D eigenvalue weighted by Gasteiger charge is 2.26. The van der Waals surface area contributed by atoms with E-state index in [1.807, 2.05) is 25.1 Å². The molecule has 1 amide bonds. The molecule has 1 atom stereocenters. The van der Waals surface area contributed by atoms with E-state index in [2.05, 4.69) is 31.9 Å². The van der Waals surface area contributed by atoms with E-state index in [0.29, 0.717) is 11.4 Å². The molecule has 9 heteroatoms. The molecule has 2 aliphatic rings. The van der Waals surface area contributed by atoms with Crippen molar-refractivity contribution in [3.05, 3.63) is 23.8 Å². The quantitative estimate of drug-likeness (QED) is 0.602. The number of benzene rings is 1. The van der Waals surface area contributed by atoms with Crippen LogP contribution in [0.1, 0.15) is 38.2 Å². The lowest BCUT2D eigenvalue weighted by atomic mass is 10.00. The van der Waals surface area contributed by atoms with Gasteiger partial charge in [-0.05, 0) is 56.2 Å². The average molecular weight is 460 g/mol. The Morgan fingerprint density at radius 3 is 2.81 bits per heavy atom. The van der Waals surface area contributed by atoms with E-state index in [9.17, 15) is 4.79 Å². The summed E-state index contributed by atoms with van der Waals surface area (Å²) in [6.07, 6.45) is 4.64. The van der Waals surface area contributed by atoms with Crippen molar-refractivity contribution < 1.29 is 14.3 Å². The van der Waals surface area contributed by atoms with Crippen molar-refractivity contribution in [3.63, 3.8) is 0 Å². The third-order valence-electron chi connectivity index (χ3n) is 6.14. The van der Waals surface area contributed by atoms with Crippen LogP contribution in [0, 0.1) is 12.8 Å². The Labute approximate surface area is 194 Å². The van der Waals surface area contributed by atoms with Gasteiger partial charge in [0, 0.05) is 19.7 Å². The molecule has 1 aromatic heterocycles. The Morgan fingerprint density at radius 2 is 2.09 bits per heavy atom. The summed E-state index contributed by atoms with van der Waals surface area (Å²) in [4.78, 5) is 15.0. The highest BCUT2D eigenvalue weighted by atomic mass is 32.2. The maximum atomic E-state index is 12.7. The molecule has 2 aliphatic heterocycles. The van der Waals surface area contributed by atoms with Crippen LogP contribution in [-0.4, -0.2) is 59.3 Å². The van der Waals surface area contributed by atoms with Crippen molar-refractivity contribution in [3.8, 4) is 5.75 Å². The maximum absolute atomic E-state index is 12.7. The number of piperidine rings is 1. The second-order valence-electron chi connectivity index (χ2n) is 8.74. The average Bonchev–Trinajstić information content (AvgIpc) is 3.44. The molecule has 1 aromatic carbocycles. The third-order valence-corrected chi connectivity index (χ3v) is 7.10. The maximum Gasteiger partial charge on any atom is 0.234 e. The van der Waals surface area contributed by atoms with Crippen LogP contribution in [0.2, 0.25) is 0 Å². The lowest BCUT2D eigenvalue weighted by Crippen LogP contribution is -2.35. The van der Waals surface area contributed by atoms with Gasteiger partial charge in [-0.2, -0.15) is 0 Å². The fourth-order valence-corrected chi connectivity index (χ4v) is 4.96. The Hall–Kier alpha value is -2.26. The standard InChI is InChI=1S/C23H33N5O3S/c1-16-8-10-27(11-9-16)22-25-26-23(28(22)14-18-5-4-12-31-18)32-15-21(29)24-19-13-17(2)6-7-20(19)30-3/h6-7,13,16,18H,4-5,8-12,14-15H2,1-3H3,(H,24,29)/t18-/m0/s1. The first-order valence-electron chi connectivity index (χ1n) is 11.4. The van der Waals surface area contributed by atoms with E-state index in [4.69, 9.17) is 9.47 Å². The van der Waals surface area contributed by atoms with E-state index in [1.165, 1.54) is 11.8 Å². The third kappa shape index (κ3) is 5.56. The number of hydrogen-bond donors (Lipinski definition) is 1. The molecule has 0 bridgehead atoms. The van der Waals surface area contributed by atoms with Crippen LogP contribution >= 0.6 is 11.8 Å². The Morgan fingerprint density at radius 1 is 1.28 bits per heavy atom. The fraction of sp³-hybridized carbons (Fsp3) is 0.609. The molecule has 0 saturated carbocycles. The van der Waals surface area contributed by atoms with E-state index in [-0.39, 0.29) is 17.8 Å². The number of anilines is 2. The number of aromatic nitrogens is 3. The predicted octanol–water partition coefficient (Wildman–Crippen LogP) is 3.74. The lowest BCUT2D eigenvalue weighted by molar-refractivity contribution is -0.113. The first-order chi connectivity index (χ1) is 15.5. The summed E-state index contributed by atoms with van der Waals surface area (Å²) in [5, 5.41) is 12.7.